The molecule has 4 rings (SSSR count). The molecular weight excluding hydrogens is 385 g/mol. The van der Waals surface area contributed by atoms with Gasteiger partial charge in [0, 0.05) is 35.4 Å². The second-order valence-corrected chi connectivity index (χ2v) is 6.95. The van der Waals surface area contributed by atoms with E-state index in [2.05, 4.69) is 4.98 Å². The van der Waals surface area contributed by atoms with Gasteiger partial charge in [0.15, 0.2) is 0 Å². The molecule has 1 atom stereocenters. The number of aromatic nitrogens is 1. The Morgan fingerprint density at radius 2 is 1.97 bits per heavy atom. The van der Waals surface area contributed by atoms with E-state index >= 15 is 0 Å². The maximum atomic E-state index is 13.3. The number of hydrogen-bond donors (Lipinski definition) is 2. The number of ether oxygens (including phenoxy) is 1. The molecule has 5 nitrogen and oxygen atoms in total. The van der Waals surface area contributed by atoms with Gasteiger partial charge < -0.3 is 19.7 Å². The first-order chi connectivity index (χ1) is 13.9. The molecule has 0 aliphatic carbocycles. The van der Waals surface area contributed by atoms with Crippen LogP contribution in [-0.2, 0) is 10.9 Å². The molecule has 2 N–H and O–H groups in total. The van der Waals surface area contributed by atoms with E-state index in [9.17, 15) is 23.1 Å². The van der Waals surface area contributed by atoms with Crippen LogP contribution < -0.4 is 10.5 Å². The van der Waals surface area contributed by atoms with Gasteiger partial charge in [0.25, 0.3) is 5.56 Å². The maximum absolute atomic E-state index is 13.3. The largest absolute Gasteiger partial charge is 0.417 e. The zero-order valence-electron chi connectivity index (χ0n) is 15.4. The van der Waals surface area contributed by atoms with Gasteiger partial charge in [-0.15, -0.1) is 0 Å². The van der Waals surface area contributed by atoms with E-state index in [-0.39, 0.29) is 24.0 Å². The monoisotopic (exact) mass is 404 g/mol. The summed E-state index contributed by atoms with van der Waals surface area (Å²) in [5.74, 6) is 0. The summed E-state index contributed by atoms with van der Waals surface area (Å²) in [5.41, 5.74) is -0.400. The number of hydrogen-bond acceptors (Lipinski definition) is 4. The predicted octanol–water partition coefficient (Wildman–Crippen LogP) is 3.41. The Bertz CT molecular complexity index is 1090. The van der Waals surface area contributed by atoms with Crippen molar-refractivity contribution in [2.45, 2.75) is 12.3 Å². The van der Waals surface area contributed by atoms with Gasteiger partial charge in [0.1, 0.15) is 0 Å². The molecule has 0 amide bonds. The predicted molar refractivity (Wildman–Crippen MR) is 104 cm³/mol. The third-order valence-electron chi connectivity index (χ3n) is 5.06. The molecule has 0 saturated carbocycles. The normalized spacial score (nSPS) is 17.7. The standard InChI is InChI=1S/C21H19F3N2O3/c22-21(23,24)18-4-2-1-3-16(18)19-9-13-5-6-14(10-17(13)20(28)25-19)26-7-8-29-15(11-26)12-27/h1-6,9-10,15,27H,7-8,11-12H2,(H,25,28). The van der Waals surface area contributed by atoms with E-state index in [0.717, 1.165) is 11.8 Å². The van der Waals surface area contributed by atoms with E-state index in [1.165, 1.54) is 18.2 Å². The summed E-state index contributed by atoms with van der Waals surface area (Å²) in [6.07, 6.45) is -4.81. The molecular formula is C21H19F3N2O3. The number of rotatable bonds is 3. The molecule has 1 aromatic heterocycles. The number of aliphatic hydroxyl groups excluding tert-OH is 1. The van der Waals surface area contributed by atoms with Crippen LogP contribution in [0.15, 0.2) is 53.3 Å². The second kappa shape index (κ2) is 7.53. The minimum absolute atomic E-state index is 0.0676. The Morgan fingerprint density at radius 3 is 2.72 bits per heavy atom. The van der Waals surface area contributed by atoms with Crippen molar-refractivity contribution < 1.29 is 23.0 Å². The van der Waals surface area contributed by atoms with Crippen molar-refractivity contribution in [1.82, 2.24) is 4.98 Å². The average Bonchev–Trinajstić information content (AvgIpc) is 2.73. The molecule has 0 bridgehead atoms. The molecule has 1 aliphatic heterocycles. The van der Waals surface area contributed by atoms with Crippen LogP contribution in [0, 0.1) is 0 Å². The lowest BCUT2D eigenvalue weighted by Crippen LogP contribution is -2.44. The fourth-order valence-electron chi connectivity index (χ4n) is 3.62. The fraction of sp³-hybridized carbons (Fsp3) is 0.286. The highest BCUT2D eigenvalue weighted by Crippen LogP contribution is 2.36. The topological polar surface area (TPSA) is 65.6 Å². The molecule has 2 aromatic carbocycles. The fourth-order valence-corrected chi connectivity index (χ4v) is 3.62. The summed E-state index contributed by atoms with van der Waals surface area (Å²) in [5, 5.41) is 10.2. The second-order valence-electron chi connectivity index (χ2n) is 6.95. The highest BCUT2D eigenvalue weighted by atomic mass is 19.4. The first-order valence-corrected chi connectivity index (χ1v) is 9.18. The number of anilines is 1. The third-order valence-corrected chi connectivity index (χ3v) is 5.06. The van der Waals surface area contributed by atoms with Gasteiger partial charge in [-0.3, -0.25) is 4.79 Å². The molecule has 0 radical (unpaired) electrons. The van der Waals surface area contributed by atoms with E-state index in [1.54, 1.807) is 18.2 Å². The molecule has 1 aliphatic rings. The molecule has 1 fully saturated rings. The van der Waals surface area contributed by atoms with Crippen LogP contribution in [0.2, 0.25) is 0 Å². The van der Waals surface area contributed by atoms with Gasteiger partial charge in [-0.25, -0.2) is 0 Å². The lowest BCUT2D eigenvalue weighted by molar-refractivity contribution is -0.137. The Labute approximate surface area is 164 Å². The Balaban J connectivity index is 1.76. The van der Waals surface area contributed by atoms with Gasteiger partial charge in [-0.2, -0.15) is 13.2 Å². The Hall–Kier alpha value is -2.84. The Morgan fingerprint density at radius 1 is 1.17 bits per heavy atom. The smallest absolute Gasteiger partial charge is 0.394 e. The Kier molecular flexibility index (Phi) is 5.06. The molecule has 2 heterocycles. The summed E-state index contributed by atoms with van der Waals surface area (Å²) in [7, 11) is 0. The highest BCUT2D eigenvalue weighted by Gasteiger charge is 2.33. The average molecular weight is 404 g/mol. The third kappa shape index (κ3) is 3.86. The van der Waals surface area contributed by atoms with E-state index < -0.39 is 17.3 Å². The highest BCUT2D eigenvalue weighted by molar-refractivity contribution is 5.88. The number of alkyl halides is 3. The van der Waals surface area contributed by atoms with Crippen LogP contribution in [0.3, 0.4) is 0 Å². The molecule has 3 aromatic rings. The number of H-pyrrole nitrogens is 1. The van der Waals surface area contributed by atoms with Crippen molar-refractivity contribution in [2.75, 3.05) is 31.2 Å². The quantitative estimate of drug-likeness (QED) is 0.702. The van der Waals surface area contributed by atoms with Crippen LogP contribution in [-0.4, -0.2) is 42.5 Å². The molecule has 1 saturated heterocycles. The number of aromatic amines is 1. The molecule has 8 heteroatoms. The van der Waals surface area contributed by atoms with Crippen LogP contribution in [0.5, 0.6) is 0 Å². The van der Waals surface area contributed by atoms with Gasteiger partial charge in [-0.05, 0) is 29.7 Å². The van der Waals surface area contributed by atoms with Crippen molar-refractivity contribution >= 4 is 16.5 Å². The number of fused-ring (bicyclic) bond motifs is 1. The van der Waals surface area contributed by atoms with Crippen molar-refractivity contribution in [3.8, 4) is 11.3 Å². The zero-order chi connectivity index (χ0) is 20.6. The van der Waals surface area contributed by atoms with Crippen LogP contribution in [0.25, 0.3) is 22.0 Å². The van der Waals surface area contributed by atoms with Crippen molar-refractivity contribution in [3.05, 3.63) is 64.4 Å². The summed E-state index contributed by atoms with van der Waals surface area (Å²) in [6.45, 7) is 1.49. The van der Waals surface area contributed by atoms with E-state index in [0.29, 0.717) is 30.5 Å². The molecule has 0 spiro atoms. The lowest BCUT2D eigenvalue weighted by atomic mass is 10.0. The molecule has 152 valence electrons. The summed E-state index contributed by atoms with van der Waals surface area (Å²) >= 11 is 0. The summed E-state index contributed by atoms with van der Waals surface area (Å²) in [4.78, 5) is 17.3. The minimum atomic E-state index is -4.52. The maximum Gasteiger partial charge on any atom is 0.417 e. The van der Waals surface area contributed by atoms with Crippen LogP contribution in [0.4, 0.5) is 18.9 Å². The number of nitrogens with zero attached hydrogens (tertiary/aromatic N) is 1. The number of pyridine rings is 1. The summed E-state index contributed by atoms with van der Waals surface area (Å²) < 4.78 is 45.5. The van der Waals surface area contributed by atoms with Crippen LogP contribution >= 0.6 is 0 Å². The lowest BCUT2D eigenvalue weighted by Gasteiger charge is -2.33. The number of nitrogens with one attached hydrogen (secondary N) is 1. The van der Waals surface area contributed by atoms with Gasteiger partial charge in [0.2, 0.25) is 0 Å². The zero-order valence-corrected chi connectivity index (χ0v) is 15.4. The number of aliphatic hydroxyl groups is 1. The minimum Gasteiger partial charge on any atom is -0.394 e. The first-order valence-electron chi connectivity index (χ1n) is 9.18. The first kappa shape index (κ1) is 19.5. The van der Waals surface area contributed by atoms with E-state index in [4.69, 9.17) is 4.74 Å². The van der Waals surface area contributed by atoms with Crippen molar-refractivity contribution in [3.63, 3.8) is 0 Å². The molecule has 1 unspecified atom stereocenters. The van der Waals surface area contributed by atoms with E-state index in [1.807, 2.05) is 11.0 Å². The van der Waals surface area contributed by atoms with Crippen molar-refractivity contribution in [2.24, 2.45) is 0 Å². The van der Waals surface area contributed by atoms with Gasteiger partial charge in [0.05, 0.1) is 24.9 Å². The van der Waals surface area contributed by atoms with Gasteiger partial charge in [-0.1, -0.05) is 24.3 Å². The van der Waals surface area contributed by atoms with Crippen LogP contribution in [0.1, 0.15) is 5.56 Å². The molecule has 29 heavy (non-hydrogen) atoms. The number of halogens is 3. The van der Waals surface area contributed by atoms with Crippen molar-refractivity contribution in [1.29, 1.82) is 0 Å². The SMILES string of the molecule is O=c1[nH]c(-c2ccccc2C(F)(F)F)cc2ccc(N3CCOC(CO)C3)cc12. The summed E-state index contributed by atoms with van der Waals surface area (Å²) in [6, 6.07) is 12.0. The number of benzene rings is 2. The van der Waals surface area contributed by atoms with Gasteiger partial charge >= 0.3 is 6.18 Å². The number of morpholine rings is 1.